The van der Waals surface area contributed by atoms with Crippen LogP contribution >= 0.6 is 0 Å². The summed E-state index contributed by atoms with van der Waals surface area (Å²) >= 11 is 0. The van der Waals surface area contributed by atoms with Gasteiger partial charge in [-0.2, -0.15) is 8.61 Å². The van der Waals surface area contributed by atoms with E-state index in [2.05, 4.69) is 10.3 Å². The molecule has 5 rings (SSSR count). The first-order chi connectivity index (χ1) is 15.9. The standard InChI is InChI=1S/C22H27N5O4S2/c28-32(29,25-14-4-1-5-15-25)19-8-10-20(11-9-19)33(30,31)26-16-12-18(13-17-26)27-22-7-3-2-6-21(22)23-24-27/h2-3,6-11,18H,1,4-5,12-17H2. The Hall–Kier alpha value is -2.34. The number of aromatic nitrogens is 3. The number of nitrogens with zero attached hydrogens (tertiary/aromatic N) is 5. The van der Waals surface area contributed by atoms with E-state index in [1.807, 2.05) is 28.9 Å². The Kier molecular flexibility index (Phi) is 5.98. The minimum atomic E-state index is -3.70. The average molecular weight is 490 g/mol. The summed E-state index contributed by atoms with van der Waals surface area (Å²) in [5.41, 5.74) is 1.77. The van der Waals surface area contributed by atoms with Crippen LogP contribution in [0.1, 0.15) is 38.1 Å². The molecular formula is C22H27N5O4S2. The van der Waals surface area contributed by atoms with E-state index in [1.165, 1.54) is 32.9 Å². The van der Waals surface area contributed by atoms with Gasteiger partial charge in [0.15, 0.2) is 0 Å². The topological polar surface area (TPSA) is 105 Å². The summed E-state index contributed by atoms with van der Waals surface area (Å²) in [6, 6.07) is 13.4. The molecule has 2 aliphatic heterocycles. The van der Waals surface area contributed by atoms with Crippen molar-refractivity contribution < 1.29 is 16.8 Å². The zero-order chi connectivity index (χ0) is 23.1. The van der Waals surface area contributed by atoms with Gasteiger partial charge in [0.2, 0.25) is 20.0 Å². The molecule has 3 heterocycles. The first kappa shape index (κ1) is 22.5. The van der Waals surface area contributed by atoms with Crippen LogP contribution in [0.25, 0.3) is 11.0 Å². The number of rotatable bonds is 5. The maximum Gasteiger partial charge on any atom is 0.243 e. The molecule has 0 unspecified atom stereocenters. The van der Waals surface area contributed by atoms with Crippen molar-refractivity contribution in [3.63, 3.8) is 0 Å². The molecule has 0 atom stereocenters. The van der Waals surface area contributed by atoms with Crippen LogP contribution in [0.4, 0.5) is 0 Å². The third kappa shape index (κ3) is 4.18. The fourth-order valence-corrected chi connectivity index (χ4v) is 7.66. The summed E-state index contributed by atoms with van der Waals surface area (Å²) in [7, 11) is -7.29. The highest BCUT2D eigenvalue weighted by atomic mass is 32.2. The second kappa shape index (κ2) is 8.79. The molecule has 0 bridgehead atoms. The number of hydrogen-bond acceptors (Lipinski definition) is 6. The van der Waals surface area contributed by atoms with Crippen molar-refractivity contribution in [2.45, 2.75) is 47.9 Å². The summed E-state index contributed by atoms with van der Waals surface area (Å²) in [5.74, 6) is 0. The molecular weight excluding hydrogens is 462 g/mol. The molecule has 0 N–H and O–H groups in total. The van der Waals surface area contributed by atoms with Crippen molar-refractivity contribution in [3.05, 3.63) is 48.5 Å². The third-order valence-corrected chi connectivity index (χ3v) is 10.4. The second-order valence-corrected chi connectivity index (χ2v) is 12.5. The molecule has 11 heteroatoms. The van der Waals surface area contributed by atoms with Crippen molar-refractivity contribution >= 4 is 31.1 Å². The molecule has 0 saturated carbocycles. The van der Waals surface area contributed by atoms with Crippen LogP contribution in [0.2, 0.25) is 0 Å². The molecule has 0 spiro atoms. The molecule has 2 fully saturated rings. The maximum atomic E-state index is 13.2. The zero-order valence-electron chi connectivity index (χ0n) is 18.2. The van der Waals surface area contributed by atoms with Gasteiger partial charge < -0.3 is 0 Å². The van der Waals surface area contributed by atoms with Crippen LogP contribution in [-0.2, 0) is 20.0 Å². The van der Waals surface area contributed by atoms with Gasteiger partial charge in [0, 0.05) is 26.2 Å². The van der Waals surface area contributed by atoms with Crippen molar-refractivity contribution in [1.82, 2.24) is 23.6 Å². The first-order valence-corrected chi connectivity index (χ1v) is 14.2. The molecule has 176 valence electrons. The lowest BCUT2D eigenvalue weighted by Crippen LogP contribution is -2.39. The summed E-state index contributed by atoms with van der Waals surface area (Å²) in [5, 5.41) is 8.47. The van der Waals surface area contributed by atoms with Crippen LogP contribution in [0.15, 0.2) is 58.3 Å². The fourth-order valence-electron chi connectivity index (χ4n) is 4.67. The van der Waals surface area contributed by atoms with Gasteiger partial charge in [-0.15, -0.1) is 5.10 Å². The second-order valence-electron chi connectivity index (χ2n) is 8.59. The lowest BCUT2D eigenvalue weighted by atomic mass is 10.1. The molecule has 2 saturated heterocycles. The van der Waals surface area contributed by atoms with E-state index in [9.17, 15) is 16.8 Å². The SMILES string of the molecule is O=S(=O)(c1ccc(S(=O)(=O)N2CCC(n3nnc4ccccc43)CC2)cc1)N1CCCCC1. The summed E-state index contributed by atoms with van der Waals surface area (Å²) in [4.78, 5) is 0.255. The van der Waals surface area contributed by atoms with Crippen LogP contribution in [0, 0.1) is 0 Å². The summed E-state index contributed by atoms with van der Waals surface area (Å²) in [6.45, 7) is 1.76. The van der Waals surface area contributed by atoms with E-state index in [1.54, 1.807) is 0 Å². The minimum Gasteiger partial charge on any atom is -0.242 e. The van der Waals surface area contributed by atoms with Crippen molar-refractivity contribution in [3.8, 4) is 0 Å². The van der Waals surface area contributed by atoms with Crippen molar-refractivity contribution in [2.24, 2.45) is 0 Å². The van der Waals surface area contributed by atoms with Crippen molar-refractivity contribution in [1.29, 1.82) is 0 Å². The number of para-hydroxylation sites is 1. The third-order valence-electron chi connectivity index (χ3n) is 6.56. The smallest absolute Gasteiger partial charge is 0.242 e. The molecule has 0 aliphatic carbocycles. The highest BCUT2D eigenvalue weighted by Crippen LogP contribution is 2.29. The van der Waals surface area contributed by atoms with Gasteiger partial charge in [-0.25, -0.2) is 21.5 Å². The molecule has 1 aromatic heterocycles. The van der Waals surface area contributed by atoms with E-state index in [0.717, 1.165) is 30.3 Å². The molecule has 0 amide bonds. The van der Waals surface area contributed by atoms with Gasteiger partial charge >= 0.3 is 0 Å². The molecule has 33 heavy (non-hydrogen) atoms. The monoisotopic (exact) mass is 489 g/mol. The van der Waals surface area contributed by atoms with Gasteiger partial charge in [0.05, 0.1) is 21.3 Å². The van der Waals surface area contributed by atoms with Crippen molar-refractivity contribution in [2.75, 3.05) is 26.2 Å². The van der Waals surface area contributed by atoms with E-state index in [4.69, 9.17) is 0 Å². The first-order valence-electron chi connectivity index (χ1n) is 11.3. The van der Waals surface area contributed by atoms with Gasteiger partial charge in [-0.05, 0) is 62.1 Å². The number of piperidine rings is 2. The van der Waals surface area contributed by atoms with E-state index >= 15 is 0 Å². The number of fused-ring (bicyclic) bond motifs is 1. The Balaban J connectivity index is 1.29. The summed E-state index contributed by atoms with van der Waals surface area (Å²) < 4.78 is 56.9. The van der Waals surface area contributed by atoms with E-state index in [0.29, 0.717) is 39.0 Å². The quantitative estimate of drug-likeness (QED) is 0.546. The molecule has 2 aromatic carbocycles. The minimum absolute atomic E-state index is 0.0842. The maximum absolute atomic E-state index is 13.2. The number of benzene rings is 2. The van der Waals surface area contributed by atoms with Crippen LogP contribution < -0.4 is 0 Å². The Morgan fingerprint density at radius 2 is 1.24 bits per heavy atom. The van der Waals surface area contributed by atoms with Crippen LogP contribution in [0.5, 0.6) is 0 Å². The number of hydrogen-bond donors (Lipinski definition) is 0. The normalized spacial score (nSPS) is 19.8. The van der Waals surface area contributed by atoms with Crippen LogP contribution in [-0.4, -0.2) is 66.6 Å². The average Bonchev–Trinajstić information content (AvgIpc) is 3.29. The van der Waals surface area contributed by atoms with Gasteiger partial charge in [0.1, 0.15) is 5.52 Å². The van der Waals surface area contributed by atoms with Gasteiger partial charge in [0.25, 0.3) is 0 Å². The van der Waals surface area contributed by atoms with E-state index < -0.39 is 20.0 Å². The largest absolute Gasteiger partial charge is 0.243 e. The van der Waals surface area contributed by atoms with Gasteiger partial charge in [-0.1, -0.05) is 23.8 Å². The fraction of sp³-hybridized carbons (Fsp3) is 0.455. The Labute approximate surface area is 194 Å². The summed E-state index contributed by atoms with van der Waals surface area (Å²) in [6.07, 6.45) is 4.01. The van der Waals surface area contributed by atoms with Gasteiger partial charge in [-0.3, -0.25) is 0 Å². The van der Waals surface area contributed by atoms with Crippen LogP contribution in [0.3, 0.4) is 0 Å². The Morgan fingerprint density at radius 3 is 1.85 bits per heavy atom. The zero-order valence-corrected chi connectivity index (χ0v) is 19.9. The molecule has 3 aromatic rings. The lowest BCUT2D eigenvalue weighted by molar-refractivity contribution is 0.263. The number of sulfonamides is 2. The molecule has 9 nitrogen and oxygen atoms in total. The highest BCUT2D eigenvalue weighted by molar-refractivity contribution is 7.89. The lowest BCUT2D eigenvalue weighted by Gasteiger charge is -2.31. The Morgan fingerprint density at radius 1 is 0.697 bits per heavy atom. The predicted molar refractivity (Wildman–Crippen MR) is 124 cm³/mol. The predicted octanol–water partition coefficient (Wildman–Crippen LogP) is 2.63. The highest BCUT2D eigenvalue weighted by Gasteiger charge is 2.32. The molecule has 0 radical (unpaired) electrons. The van der Waals surface area contributed by atoms with E-state index in [-0.39, 0.29) is 15.8 Å². The Bertz CT molecular complexity index is 1340. The molecule has 2 aliphatic rings.